The van der Waals surface area contributed by atoms with Gasteiger partial charge in [-0.2, -0.15) is 5.10 Å². The van der Waals surface area contributed by atoms with Crippen molar-refractivity contribution >= 4 is 0 Å². The maximum Gasteiger partial charge on any atom is 0.116 e. The maximum absolute atomic E-state index is 4.25. The molecule has 2 aromatic heterocycles. The molecule has 0 saturated heterocycles. The van der Waals surface area contributed by atoms with Gasteiger partial charge in [-0.25, -0.2) is 9.97 Å². The standard InChI is InChI=1S/C10H12N4/c1-8(2)14-6-9(5-13-14)10-3-4-11-7-12-10/h3-8H,1-2H3. The minimum atomic E-state index is 0.380. The van der Waals surface area contributed by atoms with Crippen LogP contribution in [-0.4, -0.2) is 19.7 Å². The predicted octanol–water partition coefficient (Wildman–Crippen LogP) is 1.92. The number of hydrogen-bond acceptors (Lipinski definition) is 3. The largest absolute Gasteiger partial charge is 0.270 e. The zero-order valence-electron chi connectivity index (χ0n) is 8.25. The van der Waals surface area contributed by atoms with Gasteiger partial charge in [0, 0.05) is 24.0 Å². The van der Waals surface area contributed by atoms with Gasteiger partial charge < -0.3 is 0 Å². The second-order valence-electron chi connectivity index (χ2n) is 3.40. The van der Waals surface area contributed by atoms with Crippen molar-refractivity contribution in [2.75, 3.05) is 0 Å². The monoisotopic (exact) mass is 188 g/mol. The van der Waals surface area contributed by atoms with Gasteiger partial charge in [0.15, 0.2) is 0 Å². The Morgan fingerprint density at radius 3 is 2.79 bits per heavy atom. The van der Waals surface area contributed by atoms with Crippen molar-refractivity contribution in [2.45, 2.75) is 19.9 Å². The van der Waals surface area contributed by atoms with Crippen molar-refractivity contribution in [1.82, 2.24) is 19.7 Å². The van der Waals surface area contributed by atoms with Gasteiger partial charge in [0.25, 0.3) is 0 Å². The van der Waals surface area contributed by atoms with Crippen LogP contribution in [0.3, 0.4) is 0 Å². The summed E-state index contributed by atoms with van der Waals surface area (Å²) < 4.78 is 1.91. The van der Waals surface area contributed by atoms with E-state index < -0.39 is 0 Å². The smallest absolute Gasteiger partial charge is 0.116 e. The molecule has 0 saturated carbocycles. The van der Waals surface area contributed by atoms with Gasteiger partial charge in [-0.1, -0.05) is 0 Å². The van der Waals surface area contributed by atoms with Gasteiger partial charge in [-0.05, 0) is 19.9 Å². The minimum absolute atomic E-state index is 0.380. The van der Waals surface area contributed by atoms with E-state index in [1.54, 1.807) is 12.5 Å². The van der Waals surface area contributed by atoms with E-state index in [1.165, 1.54) is 0 Å². The molecule has 0 aliphatic heterocycles. The molecule has 0 unspecified atom stereocenters. The van der Waals surface area contributed by atoms with E-state index in [1.807, 2.05) is 23.1 Å². The molecule has 14 heavy (non-hydrogen) atoms. The van der Waals surface area contributed by atoms with Crippen LogP contribution in [-0.2, 0) is 0 Å². The summed E-state index contributed by atoms with van der Waals surface area (Å²) in [6.45, 7) is 4.19. The fourth-order valence-electron chi connectivity index (χ4n) is 1.21. The van der Waals surface area contributed by atoms with Gasteiger partial charge in [0.2, 0.25) is 0 Å². The molecule has 0 aliphatic carbocycles. The van der Waals surface area contributed by atoms with Crippen LogP contribution in [0.5, 0.6) is 0 Å². The average molecular weight is 188 g/mol. The second-order valence-corrected chi connectivity index (χ2v) is 3.40. The van der Waals surface area contributed by atoms with E-state index in [0.29, 0.717) is 6.04 Å². The molecule has 0 fully saturated rings. The Hall–Kier alpha value is -1.71. The normalized spacial score (nSPS) is 10.8. The summed E-state index contributed by atoms with van der Waals surface area (Å²) >= 11 is 0. The van der Waals surface area contributed by atoms with Crippen LogP contribution in [0.25, 0.3) is 11.3 Å². The van der Waals surface area contributed by atoms with Crippen LogP contribution in [0.2, 0.25) is 0 Å². The lowest BCUT2D eigenvalue weighted by Gasteiger charge is -2.02. The van der Waals surface area contributed by atoms with Crippen LogP contribution in [0.4, 0.5) is 0 Å². The first-order chi connectivity index (χ1) is 6.77. The number of aromatic nitrogens is 4. The molecule has 0 atom stereocenters. The van der Waals surface area contributed by atoms with Crippen LogP contribution in [0, 0.1) is 0 Å². The highest BCUT2D eigenvalue weighted by molar-refractivity contribution is 5.55. The zero-order chi connectivity index (χ0) is 9.97. The molecule has 2 heterocycles. The molecule has 2 aromatic rings. The maximum atomic E-state index is 4.25. The Balaban J connectivity index is 2.34. The summed E-state index contributed by atoms with van der Waals surface area (Å²) in [4.78, 5) is 8.03. The Kier molecular flexibility index (Phi) is 2.26. The van der Waals surface area contributed by atoms with Gasteiger partial charge in [-0.15, -0.1) is 0 Å². The minimum Gasteiger partial charge on any atom is -0.270 e. The van der Waals surface area contributed by atoms with E-state index in [2.05, 4.69) is 28.9 Å². The first kappa shape index (κ1) is 8.87. The lowest BCUT2D eigenvalue weighted by Crippen LogP contribution is -1.99. The van der Waals surface area contributed by atoms with Crippen molar-refractivity contribution in [1.29, 1.82) is 0 Å². The molecule has 0 bridgehead atoms. The van der Waals surface area contributed by atoms with Crippen molar-refractivity contribution in [3.63, 3.8) is 0 Å². The highest BCUT2D eigenvalue weighted by atomic mass is 15.3. The highest BCUT2D eigenvalue weighted by Gasteiger charge is 2.03. The lowest BCUT2D eigenvalue weighted by molar-refractivity contribution is 0.532. The summed E-state index contributed by atoms with van der Waals surface area (Å²) in [5.41, 5.74) is 1.94. The summed E-state index contributed by atoms with van der Waals surface area (Å²) in [5.74, 6) is 0. The molecule has 0 radical (unpaired) electrons. The molecule has 0 aliphatic rings. The van der Waals surface area contributed by atoms with Gasteiger partial charge in [-0.3, -0.25) is 4.68 Å². The average Bonchev–Trinajstić information content (AvgIpc) is 2.68. The molecule has 0 aromatic carbocycles. The van der Waals surface area contributed by atoms with Crippen molar-refractivity contribution in [2.24, 2.45) is 0 Å². The molecule has 0 spiro atoms. The van der Waals surface area contributed by atoms with Gasteiger partial charge in [0.1, 0.15) is 6.33 Å². The number of hydrogen-bond donors (Lipinski definition) is 0. The summed E-state index contributed by atoms with van der Waals surface area (Å²) in [5, 5.41) is 4.25. The van der Waals surface area contributed by atoms with Crippen LogP contribution in [0.1, 0.15) is 19.9 Å². The topological polar surface area (TPSA) is 43.6 Å². The third-order valence-electron chi connectivity index (χ3n) is 2.01. The molecular weight excluding hydrogens is 176 g/mol. The molecule has 4 nitrogen and oxygen atoms in total. The molecule has 72 valence electrons. The second kappa shape index (κ2) is 3.57. The van der Waals surface area contributed by atoms with E-state index in [-0.39, 0.29) is 0 Å². The summed E-state index contributed by atoms with van der Waals surface area (Å²) in [7, 11) is 0. The third-order valence-corrected chi connectivity index (χ3v) is 2.01. The van der Waals surface area contributed by atoms with Gasteiger partial charge in [0.05, 0.1) is 11.9 Å². The number of rotatable bonds is 2. The molecule has 0 amide bonds. The van der Waals surface area contributed by atoms with E-state index in [9.17, 15) is 0 Å². The number of nitrogens with zero attached hydrogens (tertiary/aromatic N) is 4. The highest BCUT2D eigenvalue weighted by Crippen LogP contribution is 2.16. The van der Waals surface area contributed by atoms with Crippen LogP contribution < -0.4 is 0 Å². The van der Waals surface area contributed by atoms with Crippen LogP contribution in [0.15, 0.2) is 31.0 Å². The lowest BCUT2D eigenvalue weighted by atomic mass is 10.2. The Morgan fingerprint density at radius 2 is 2.21 bits per heavy atom. The fraction of sp³-hybridized carbons (Fsp3) is 0.300. The first-order valence-corrected chi connectivity index (χ1v) is 4.58. The third kappa shape index (κ3) is 1.64. The van der Waals surface area contributed by atoms with Crippen molar-refractivity contribution in [3.8, 4) is 11.3 Å². The van der Waals surface area contributed by atoms with Crippen LogP contribution >= 0.6 is 0 Å². The molecule has 4 heteroatoms. The summed E-state index contributed by atoms with van der Waals surface area (Å²) in [6.07, 6.45) is 7.09. The zero-order valence-corrected chi connectivity index (χ0v) is 8.25. The molecule has 0 N–H and O–H groups in total. The van der Waals surface area contributed by atoms with E-state index in [0.717, 1.165) is 11.3 Å². The fourth-order valence-corrected chi connectivity index (χ4v) is 1.21. The Bertz CT molecular complexity index is 405. The SMILES string of the molecule is CC(C)n1cc(-c2ccncn2)cn1. The van der Waals surface area contributed by atoms with E-state index in [4.69, 9.17) is 0 Å². The summed E-state index contributed by atoms with van der Waals surface area (Å²) in [6, 6.07) is 2.26. The Labute approximate surface area is 82.6 Å². The Morgan fingerprint density at radius 1 is 1.36 bits per heavy atom. The van der Waals surface area contributed by atoms with Crippen molar-refractivity contribution in [3.05, 3.63) is 31.0 Å². The first-order valence-electron chi connectivity index (χ1n) is 4.58. The van der Waals surface area contributed by atoms with Crippen molar-refractivity contribution < 1.29 is 0 Å². The van der Waals surface area contributed by atoms with Gasteiger partial charge >= 0.3 is 0 Å². The van der Waals surface area contributed by atoms with E-state index >= 15 is 0 Å². The molecule has 2 rings (SSSR count). The quantitative estimate of drug-likeness (QED) is 0.723. The predicted molar refractivity (Wildman–Crippen MR) is 53.6 cm³/mol. The molecular formula is C10H12N4.